The van der Waals surface area contributed by atoms with Crippen LogP contribution in [0, 0.1) is 0 Å². The highest BCUT2D eigenvalue weighted by molar-refractivity contribution is 9.10. The van der Waals surface area contributed by atoms with Crippen LogP contribution in [0.1, 0.15) is 5.56 Å². The molecule has 1 heterocycles. The highest BCUT2D eigenvalue weighted by Crippen LogP contribution is 2.38. The molecule has 7 nitrogen and oxygen atoms in total. The molecule has 0 N–H and O–H groups in total. The van der Waals surface area contributed by atoms with E-state index in [1.807, 2.05) is 0 Å². The van der Waals surface area contributed by atoms with Gasteiger partial charge in [0.1, 0.15) is 13.2 Å². The lowest BCUT2D eigenvalue weighted by atomic mass is 10.2. The number of hydrogen-bond acceptors (Lipinski definition) is 7. The highest BCUT2D eigenvalue weighted by atomic mass is 79.9. The van der Waals surface area contributed by atoms with Gasteiger partial charge in [-0.3, -0.25) is 19.3 Å². The molecule has 138 valence electrons. The number of carbonyl (C=O) groups excluding carboxylic acids is 3. The van der Waals surface area contributed by atoms with Gasteiger partial charge < -0.3 is 14.2 Å². The van der Waals surface area contributed by atoms with E-state index in [0.717, 1.165) is 16.7 Å². The predicted molar refractivity (Wildman–Crippen MR) is 101 cm³/mol. The second-order valence-electron chi connectivity index (χ2n) is 4.97. The molecule has 26 heavy (non-hydrogen) atoms. The predicted octanol–water partition coefficient (Wildman–Crippen LogP) is 3.23. The third kappa shape index (κ3) is 4.47. The van der Waals surface area contributed by atoms with Crippen LogP contribution in [-0.2, 0) is 14.3 Å². The SMILES string of the molecule is C=CCOc1cc(Br)c(/C=C2\SC(=O)N(CC(=O)OC)C2=O)cc1OC. The van der Waals surface area contributed by atoms with Crippen LogP contribution in [0.15, 0.2) is 34.2 Å². The fraction of sp³-hybridized carbons (Fsp3) is 0.235. The van der Waals surface area contributed by atoms with Gasteiger partial charge in [-0.2, -0.15) is 0 Å². The molecule has 0 saturated carbocycles. The minimum Gasteiger partial charge on any atom is -0.493 e. The molecule has 2 rings (SSSR count). The van der Waals surface area contributed by atoms with Crippen molar-refractivity contribution < 1.29 is 28.6 Å². The zero-order valence-electron chi connectivity index (χ0n) is 14.1. The van der Waals surface area contributed by atoms with Gasteiger partial charge in [-0.15, -0.1) is 0 Å². The number of benzene rings is 1. The van der Waals surface area contributed by atoms with E-state index in [4.69, 9.17) is 9.47 Å². The Morgan fingerprint density at radius 2 is 2.04 bits per heavy atom. The van der Waals surface area contributed by atoms with Gasteiger partial charge in [0.15, 0.2) is 11.5 Å². The van der Waals surface area contributed by atoms with Crippen molar-refractivity contribution in [2.75, 3.05) is 27.4 Å². The molecule has 1 aliphatic heterocycles. The van der Waals surface area contributed by atoms with Crippen molar-refractivity contribution >= 4 is 50.9 Å². The van der Waals surface area contributed by atoms with E-state index < -0.39 is 23.7 Å². The lowest BCUT2D eigenvalue weighted by Crippen LogP contribution is -2.34. The molecule has 0 bridgehead atoms. The third-order valence-electron chi connectivity index (χ3n) is 3.31. The maximum Gasteiger partial charge on any atom is 0.325 e. The minimum atomic E-state index is -0.667. The van der Waals surface area contributed by atoms with Crippen LogP contribution in [0.25, 0.3) is 6.08 Å². The van der Waals surface area contributed by atoms with E-state index in [-0.39, 0.29) is 4.91 Å². The van der Waals surface area contributed by atoms with E-state index >= 15 is 0 Å². The summed E-state index contributed by atoms with van der Waals surface area (Å²) in [4.78, 5) is 36.7. The largest absolute Gasteiger partial charge is 0.493 e. The molecular weight excluding hydrogens is 426 g/mol. The molecule has 0 radical (unpaired) electrons. The Hall–Kier alpha value is -2.26. The minimum absolute atomic E-state index is 0.196. The molecule has 1 aromatic rings. The Morgan fingerprint density at radius 1 is 1.31 bits per heavy atom. The van der Waals surface area contributed by atoms with E-state index in [9.17, 15) is 14.4 Å². The quantitative estimate of drug-likeness (QED) is 0.364. The molecule has 1 aliphatic rings. The summed E-state index contributed by atoms with van der Waals surface area (Å²) in [5, 5.41) is -0.527. The van der Waals surface area contributed by atoms with Crippen LogP contribution in [-0.4, -0.2) is 49.4 Å². The van der Waals surface area contributed by atoms with Gasteiger partial charge in [-0.05, 0) is 35.5 Å². The number of imide groups is 1. The van der Waals surface area contributed by atoms with Gasteiger partial charge >= 0.3 is 5.97 Å². The molecule has 0 aromatic heterocycles. The number of hydrogen-bond donors (Lipinski definition) is 0. The summed E-state index contributed by atoms with van der Waals surface area (Å²) in [5.41, 5.74) is 0.622. The zero-order chi connectivity index (χ0) is 19.3. The number of amides is 2. The van der Waals surface area contributed by atoms with Crippen LogP contribution < -0.4 is 9.47 Å². The van der Waals surface area contributed by atoms with Crippen LogP contribution in [0.4, 0.5) is 4.79 Å². The Morgan fingerprint density at radius 3 is 2.65 bits per heavy atom. The fourth-order valence-corrected chi connectivity index (χ4v) is 3.32. The number of halogens is 1. The maximum absolute atomic E-state index is 12.4. The molecule has 0 atom stereocenters. The summed E-state index contributed by atoms with van der Waals surface area (Å²) in [5.74, 6) is -0.242. The van der Waals surface area contributed by atoms with Crippen LogP contribution in [0.5, 0.6) is 11.5 Å². The first kappa shape index (κ1) is 20.1. The first-order valence-electron chi connectivity index (χ1n) is 7.34. The average molecular weight is 442 g/mol. The summed E-state index contributed by atoms with van der Waals surface area (Å²) in [6.45, 7) is 3.49. The van der Waals surface area contributed by atoms with Crippen molar-refractivity contribution in [3.8, 4) is 11.5 Å². The molecule has 1 fully saturated rings. The molecule has 0 aliphatic carbocycles. The van der Waals surface area contributed by atoms with Gasteiger partial charge in [-0.1, -0.05) is 28.6 Å². The maximum atomic E-state index is 12.4. The van der Waals surface area contributed by atoms with Crippen molar-refractivity contribution in [2.24, 2.45) is 0 Å². The van der Waals surface area contributed by atoms with Crippen molar-refractivity contribution in [1.82, 2.24) is 4.90 Å². The normalized spacial score (nSPS) is 15.3. The van der Waals surface area contributed by atoms with E-state index in [1.165, 1.54) is 14.2 Å². The molecule has 9 heteroatoms. The van der Waals surface area contributed by atoms with Crippen molar-refractivity contribution in [3.63, 3.8) is 0 Å². The summed E-state index contributed by atoms with van der Waals surface area (Å²) in [7, 11) is 2.69. The van der Waals surface area contributed by atoms with Gasteiger partial charge in [0.25, 0.3) is 11.1 Å². The topological polar surface area (TPSA) is 82.1 Å². The number of nitrogens with zero attached hydrogens (tertiary/aromatic N) is 1. The van der Waals surface area contributed by atoms with Crippen molar-refractivity contribution in [1.29, 1.82) is 0 Å². The van der Waals surface area contributed by atoms with Crippen LogP contribution in [0.3, 0.4) is 0 Å². The second-order valence-corrected chi connectivity index (χ2v) is 6.82. The smallest absolute Gasteiger partial charge is 0.325 e. The van der Waals surface area contributed by atoms with Gasteiger partial charge in [0, 0.05) is 4.47 Å². The molecular formula is C17H16BrNO6S. The van der Waals surface area contributed by atoms with Gasteiger partial charge in [-0.25, -0.2) is 0 Å². The van der Waals surface area contributed by atoms with Crippen LogP contribution >= 0.6 is 27.7 Å². The van der Waals surface area contributed by atoms with Gasteiger partial charge in [0.05, 0.1) is 19.1 Å². The van der Waals surface area contributed by atoms with E-state index in [0.29, 0.717) is 28.1 Å². The summed E-state index contributed by atoms with van der Waals surface area (Å²) >= 11 is 4.17. The number of ether oxygens (including phenoxy) is 3. The Balaban J connectivity index is 2.31. The molecule has 2 amide bonds. The number of rotatable bonds is 7. The Bertz CT molecular complexity index is 792. The van der Waals surface area contributed by atoms with Crippen molar-refractivity contribution in [2.45, 2.75) is 0 Å². The third-order valence-corrected chi connectivity index (χ3v) is 4.91. The molecule has 1 saturated heterocycles. The fourth-order valence-electron chi connectivity index (χ4n) is 2.05. The Kier molecular flexibility index (Phi) is 6.87. The number of carbonyl (C=O) groups is 3. The molecule has 0 spiro atoms. The summed E-state index contributed by atoms with van der Waals surface area (Å²) in [6, 6.07) is 3.38. The first-order valence-corrected chi connectivity index (χ1v) is 8.95. The monoisotopic (exact) mass is 441 g/mol. The number of thioether (sulfide) groups is 1. The number of esters is 1. The van der Waals surface area contributed by atoms with Gasteiger partial charge in [0.2, 0.25) is 0 Å². The van der Waals surface area contributed by atoms with E-state index in [2.05, 4.69) is 27.2 Å². The zero-order valence-corrected chi connectivity index (χ0v) is 16.5. The number of methoxy groups -OCH3 is 2. The molecule has 1 aromatic carbocycles. The van der Waals surface area contributed by atoms with Crippen LogP contribution in [0.2, 0.25) is 0 Å². The highest BCUT2D eigenvalue weighted by Gasteiger charge is 2.36. The van der Waals surface area contributed by atoms with E-state index in [1.54, 1.807) is 24.3 Å². The first-order chi connectivity index (χ1) is 12.4. The second kappa shape index (κ2) is 8.91. The summed E-state index contributed by atoms with van der Waals surface area (Å²) in [6.07, 6.45) is 3.16. The molecule has 0 unspecified atom stereocenters. The Labute approximate surface area is 163 Å². The van der Waals surface area contributed by atoms with Crippen molar-refractivity contribution in [3.05, 3.63) is 39.7 Å². The standard InChI is InChI=1S/C17H16BrNO6S/c1-4-5-25-13-8-11(18)10(6-12(13)23-2)7-14-16(21)19(17(22)26-14)9-15(20)24-3/h4,6-8H,1,5,9H2,2-3H3/b14-7-. The average Bonchev–Trinajstić information content (AvgIpc) is 2.88. The summed E-state index contributed by atoms with van der Waals surface area (Å²) < 4.78 is 16.0. The lowest BCUT2D eigenvalue weighted by Gasteiger charge is -2.12. The lowest BCUT2D eigenvalue weighted by molar-refractivity contribution is -0.143.